The number of benzene rings is 1. The Bertz CT molecular complexity index is 652. The molecule has 102 valence electrons. The van der Waals surface area contributed by atoms with Gasteiger partial charge < -0.3 is 9.84 Å². The van der Waals surface area contributed by atoms with Crippen LogP contribution in [-0.4, -0.2) is 17.0 Å². The Morgan fingerprint density at radius 1 is 1.20 bits per heavy atom. The summed E-state index contributed by atoms with van der Waals surface area (Å²) < 4.78 is 5.31. The Hall–Kier alpha value is -2.36. The van der Waals surface area contributed by atoms with Crippen LogP contribution in [0.15, 0.2) is 41.2 Å². The number of rotatable bonds is 2. The SMILES string of the molecule is O=C1O/C(=C\c2cccc(C(=O)O)c2)C2=C1CCCC2. The van der Waals surface area contributed by atoms with Gasteiger partial charge in [-0.3, -0.25) is 0 Å². The van der Waals surface area contributed by atoms with Crippen LogP contribution >= 0.6 is 0 Å². The number of aromatic carboxylic acids is 1. The standard InChI is InChI=1S/C16H14O4/c17-15(18)11-5-3-4-10(8-11)9-14-12-6-1-2-7-13(12)16(19)20-14/h3-5,8-9H,1-2,6-7H2,(H,17,18)/b14-9-. The van der Waals surface area contributed by atoms with Crippen molar-refractivity contribution in [2.24, 2.45) is 0 Å². The fourth-order valence-corrected chi connectivity index (χ4v) is 2.66. The summed E-state index contributed by atoms with van der Waals surface area (Å²) >= 11 is 0. The van der Waals surface area contributed by atoms with Crippen molar-refractivity contribution in [1.82, 2.24) is 0 Å². The van der Waals surface area contributed by atoms with Crippen LogP contribution in [-0.2, 0) is 9.53 Å². The average Bonchev–Trinajstić information content (AvgIpc) is 2.76. The number of carbonyl (C=O) groups excluding carboxylic acids is 1. The van der Waals surface area contributed by atoms with Crippen LogP contribution in [0.4, 0.5) is 0 Å². The maximum atomic E-state index is 11.8. The smallest absolute Gasteiger partial charge is 0.339 e. The van der Waals surface area contributed by atoms with Gasteiger partial charge in [0.2, 0.25) is 0 Å². The van der Waals surface area contributed by atoms with Crippen LogP contribution in [0.25, 0.3) is 6.08 Å². The average molecular weight is 270 g/mol. The quantitative estimate of drug-likeness (QED) is 0.838. The number of hydrogen-bond donors (Lipinski definition) is 1. The van der Waals surface area contributed by atoms with E-state index in [0.29, 0.717) is 5.76 Å². The lowest BCUT2D eigenvalue weighted by atomic mass is 9.92. The van der Waals surface area contributed by atoms with Crippen LogP contribution in [0.1, 0.15) is 41.6 Å². The summed E-state index contributed by atoms with van der Waals surface area (Å²) in [5.74, 6) is -0.640. The summed E-state index contributed by atoms with van der Waals surface area (Å²) in [6.45, 7) is 0. The molecule has 0 spiro atoms. The highest BCUT2D eigenvalue weighted by molar-refractivity contribution is 5.96. The Labute approximate surface area is 116 Å². The highest BCUT2D eigenvalue weighted by Gasteiger charge is 2.31. The molecular formula is C16H14O4. The first kappa shape index (κ1) is 12.7. The largest absolute Gasteiger partial charge is 0.478 e. The van der Waals surface area contributed by atoms with Crippen LogP contribution in [0, 0.1) is 0 Å². The molecule has 1 heterocycles. The summed E-state index contributed by atoms with van der Waals surface area (Å²) in [5, 5.41) is 8.98. The predicted molar refractivity (Wildman–Crippen MR) is 73.0 cm³/mol. The lowest BCUT2D eigenvalue weighted by Gasteiger charge is -2.10. The number of cyclic esters (lactones) is 1. The van der Waals surface area contributed by atoms with Gasteiger partial charge >= 0.3 is 11.9 Å². The van der Waals surface area contributed by atoms with E-state index < -0.39 is 5.97 Å². The molecule has 3 rings (SSSR count). The molecule has 0 saturated carbocycles. The number of carbonyl (C=O) groups is 2. The number of hydrogen-bond acceptors (Lipinski definition) is 3. The van der Waals surface area contributed by atoms with Gasteiger partial charge in [0.15, 0.2) is 0 Å². The Morgan fingerprint density at radius 2 is 1.95 bits per heavy atom. The zero-order chi connectivity index (χ0) is 14.1. The minimum Gasteiger partial charge on any atom is -0.478 e. The zero-order valence-corrected chi connectivity index (χ0v) is 10.9. The minimum atomic E-state index is -0.966. The molecule has 1 aliphatic carbocycles. The maximum absolute atomic E-state index is 11.8. The fourth-order valence-electron chi connectivity index (χ4n) is 2.66. The van der Waals surface area contributed by atoms with Gasteiger partial charge in [0.25, 0.3) is 0 Å². The number of allylic oxidation sites excluding steroid dienone is 1. The van der Waals surface area contributed by atoms with E-state index in [1.165, 1.54) is 6.07 Å². The van der Waals surface area contributed by atoms with Crippen LogP contribution < -0.4 is 0 Å². The molecule has 1 aromatic carbocycles. The summed E-state index contributed by atoms with van der Waals surface area (Å²) in [6.07, 6.45) is 5.46. The number of carboxylic acids is 1. The molecule has 20 heavy (non-hydrogen) atoms. The molecule has 0 fully saturated rings. The molecule has 0 atom stereocenters. The van der Waals surface area contributed by atoms with Gasteiger partial charge in [-0.1, -0.05) is 12.1 Å². The first-order valence-corrected chi connectivity index (χ1v) is 6.65. The molecule has 0 radical (unpaired) electrons. The van der Waals surface area contributed by atoms with Gasteiger partial charge in [0.1, 0.15) is 5.76 Å². The molecule has 1 aromatic rings. The van der Waals surface area contributed by atoms with Crippen molar-refractivity contribution in [2.75, 3.05) is 0 Å². The first-order chi connectivity index (χ1) is 9.65. The van der Waals surface area contributed by atoms with Crippen LogP contribution in [0.3, 0.4) is 0 Å². The van der Waals surface area contributed by atoms with Gasteiger partial charge in [-0.2, -0.15) is 0 Å². The minimum absolute atomic E-state index is 0.224. The molecule has 0 unspecified atom stereocenters. The second-order valence-corrected chi connectivity index (χ2v) is 4.99. The summed E-state index contributed by atoms with van der Waals surface area (Å²) in [4.78, 5) is 22.7. The third kappa shape index (κ3) is 2.25. The van der Waals surface area contributed by atoms with Crippen molar-refractivity contribution in [1.29, 1.82) is 0 Å². The van der Waals surface area contributed by atoms with E-state index in [9.17, 15) is 9.59 Å². The predicted octanol–water partition coefficient (Wildman–Crippen LogP) is 3.15. The van der Waals surface area contributed by atoms with Gasteiger partial charge in [-0.15, -0.1) is 0 Å². The molecule has 0 saturated heterocycles. The monoisotopic (exact) mass is 270 g/mol. The van der Waals surface area contributed by atoms with E-state index in [4.69, 9.17) is 9.84 Å². The topological polar surface area (TPSA) is 63.6 Å². The van der Waals surface area contributed by atoms with Crippen molar-refractivity contribution < 1.29 is 19.4 Å². The van der Waals surface area contributed by atoms with Gasteiger partial charge in [-0.05, 0) is 49.5 Å². The van der Waals surface area contributed by atoms with Crippen molar-refractivity contribution in [2.45, 2.75) is 25.7 Å². The van der Waals surface area contributed by atoms with E-state index in [1.54, 1.807) is 24.3 Å². The Kier molecular flexibility index (Phi) is 3.14. The zero-order valence-electron chi connectivity index (χ0n) is 10.9. The molecule has 4 heteroatoms. The molecule has 1 N–H and O–H groups in total. The van der Waals surface area contributed by atoms with Crippen molar-refractivity contribution in [3.8, 4) is 0 Å². The molecule has 4 nitrogen and oxygen atoms in total. The maximum Gasteiger partial charge on any atom is 0.339 e. The molecule has 2 aliphatic rings. The van der Waals surface area contributed by atoms with Crippen molar-refractivity contribution in [3.05, 3.63) is 52.3 Å². The number of ether oxygens (including phenoxy) is 1. The molecule has 0 amide bonds. The van der Waals surface area contributed by atoms with E-state index in [0.717, 1.165) is 42.4 Å². The van der Waals surface area contributed by atoms with Crippen molar-refractivity contribution >= 4 is 18.0 Å². The second kappa shape index (κ2) is 4.96. The van der Waals surface area contributed by atoms with E-state index in [1.807, 2.05) is 0 Å². The number of carboxylic acid groups (broad SMARTS) is 1. The summed E-state index contributed by atoms with van der Waals surface area (Å²) in [7, 11) is 0. The summed E-state index contributed by atoms with van der Waals surface area (Å²) in [6, 6.07) is 6.60. The molecule has 0 aromatic heterocycles. The van der Waals surface area contributed by atoms with Gasteiger partial charge in [-0.25, -0.2) is 9.59 Å². The van der Waals surface area contributed by atoms with E-state index >= 15 is 0 Å². The molecule has 1 aliphatic heterocycles. The highest BCUT2D eigenvalue weighted by atomic mass is 16.5. The lowest BCUT2D eigenvalue weighted by Crippen LogP contribution is -2.01. The first-order valence-electron chi connectivity index (χ1n) is 6.65. The van der Waals surface area contributed by atoms with E-state index in [-0.39, 0.29) is 11.5 Å². The molecular weight excluding hydrogens is 256 g/mol. The highest BCUT2D eigenvalue weighted by Crippen LogP contribution is 2.37. The van der Waals surface area contributed by atoms with Gasteiger partial charge in [0.05, 0.1) is 5.56 Å². The Balaban J connectivity index is 1.97. The third-order valence-electron chi connectivity index (χ3n) is 3.65. The number of esters is 1. The third-order valence-corrected chi connectivity index (χ3v) is 3.65. The van der Waals surface area contributed by atoms with Crippen LogP contribution in [0.2, 0.25) is 0 Å². The van der Waals surface area contributed by atoms with Gasteiger partial charge in [0, 0.05) is 11.1 Å². The second-order valence-electron chi connectivity index (χ2n) is 4.99. The van der Waals surface area contributed by atoms with E-state index in [2.05, 4.69) is 0 Å². The lowest BCUT2D eigenvalue weighted by molar-refractivity contribution is -0.133. The van der Waals surface area contributed by atoms with Crippen LogP contribution in [0.5, 0.6) is 0 Å². The van der Waals surface area contributed by atoms with Crippen molar-refractivity contribution in [3.63, 3.8) is 0 Å². The summed E-state index contributed by atoms with van der Waals surface area (Å²) in [5.41, 5.74) is 2.73. The normalized spacial score (nSPS) is 20.0. The molecule has 0 bridgehead atoms. The Morgan fingerprint density at radius 3 is 2.70 bits per heavy atom. The fraction of sp³-hybridized carbons (Fsp3) is 0.250.